The van der Waals surface area contributed by atoms with E-state index in [0.29, 0.717) is 49.9 Å². The van der Waals surface area contributed by atoms with Gasteiger partial charge in [-0.15, -0.1) is 0 Å². The molecule has 0 bridgehead atoms. The van der Waals surface area contributed by atoms with Crippen molar-refractivity contribution >= 4 is 18.0 Å². The highest BCUT2D eigenvalue weighted by molar-refractivity contribution is 5.92. The van der Waals surface area contributed by atoms with Crippen molar-refractivity contribution in [3.05, 3.63) is 48.1 Å². The Bertz CT molecular complexity index is 874. The van der Waals surface area contributed by atoms with Gasteiger partial charge in [-0.25, -0.2) is 9.59 Å². The topological polar surface area (TPSA) is 111 Å². The number of likely N-dealkylation sites (tertiary alicyclic amines) is 1. The van der Waals surface area contributed by atoms with E-state index in [9.17, 15) is 14.4 Å². The summed E-state index contributed by atoms with van der Waals surface area (Å²) in [6, 6.07) is 0.0248. The lowest BCUT2D eigenvalue weighted by Crippen LogP contribution is -2.48. The van der Waals surface area contributed by atoms with Crippen LogP contribution in [0.1, 0.15) is 52.7 Å². The molecule has 1 N–H and O–H groups in total. The van der Waals surface area contributed by atoms with E-state index in [0.717, 1.165) is 5.69 Å². The summed E-state index contributed by atoms with van der Waals surface area (Å²) in [5.74, 6) is -0.577. The molecule has 1 aromatic rings. The Labute approximate surface area is 195 Å². The Hall–Kier alpha value is -3.23. The van der Waals surface area contributed by atoms with Gasteiger partial charge in [-0.3, -0.25) is 14.8 Å². The van der Waals surface area contributed by atoms with E-state index < -0.39 is 17.7 Å². The van der Waals surface area contributed by atoms with Gasteiger partial charge in [-0.05, 0) is 40.5 Å². The van der Waals surface area contributed by atoms with Crippen molar-refractivity contribution in [3.63, 3.8) is 0 Å². The van der Waals surface area contributed by atoms with Crippen molar-refractivity contribution < 1.29 is 23.9 Å². The van der Waals surface area contributed by atoms with Crippen LogP contribution < -0.4 is 5.32 Å². The van der Waals surface area contributed by atoms with E-state index >= 15 is 0 Å². The SMILES string of the molecule is C=C(C)C(=O)NC1CCN(C(=O)OC(C)(C)C/C=C(\C)C(=O)OCCc2cnccn2)CC1. The van der Waals surface area contributed by atoms with Crippen LogP contribution in [0, 0.1) is 0 Å². The average molecular weight is 459 g/mol. The number of nitrogens with one attached hydrogen (secondary N) is 1. The number of nitrogens with zero attached hydrogens (tertiary/aromatic N) is 3. The molecule has 0 radical (unpaired) electrons. The van der Waals surface area contributed by atoms with Gasteiger partial charge in [0.15, 0.2) is 0 Å². The minimum Gasteiger partial charge on any atom is -0.462 e. The predicted molar refractivity (Wildman–Crippen MR) is 123 cm³/mol. The van der Waals surface area contributed by atoms with Crippen molar-refractivity contribution in [2.75, 3.05) is 19.7 Å². The number of esters is 1. The number of amides is 2. The maximum absolute atomic E-state index is 12.6. The highest BCUT2D eigenvalue weighted by Crippen LogP contribution is 2.20. The van der Waals surface area contributed by atoms with Crippen LogP contribution in [-0.2, 0) is 25.5 Å². The van der Waals surface area contributed by atoms with Gasteiger partial charge in [0.25, 0.3) is 0 Å². The molecule has 1 aliphatic heterocycles. The molecule has 0 saturated carbocycles. The molecule has 1 aliphatic rings. The number of aromatic nitrogens is 2. The van der Waals surface area contributed by atoms with Crippen molar-refractivity contribution in [1.29, 1.82) is 0 Å². The summed E-state index contributed by atoms with van der Waals surface area (Å²) >= 11 is 0. The molecular weight excluding hydrogens is 424 g/mol. The Morgan fingerprint density at radius 3 is 2.55 bits per heavy atom. The largest absolute Gasteiger partial charge is 0.462 e. The van der Waals surface area contributed by atoms with Crippen molar-refractivity contribution in [2.24, 2.45) is 0 Å². The lowest BCUT2D eigenvalue weighted by Gasteiger charge is -2.34. The predicted octanol–water partition coefficient (Wildman–Crippen LogP) is 2.97. The second-order valence-electron chi connectivity index (χ2n) is 8.82. The summed E-state index contributed by atoms with van der Waals surface area (Å²) in [5, 5.41) is 2.92. The molecule has 0 aliphatic carbocycles. The van der Waals surface area contributed by atoms with Crippen LogP contribution in [-0.4, -0.2) is 64.2 Å². The first-order valence-corrected chi connectivity index (χ1v) is 11.1. The second kappa shape index (κ2) is 12.1. The maximum atomic E-state index is 12.6. The first-order chi connectivity index (χ1) is 15.6. The molecule has 0 atom stereocenters. The molecule has 9 heteroatoms. The van der Waals surface area contributed by atoms with Crippen LogP contribution in [0.4, 0.5) is 4.79 Å². The van der Waals surface area contributed by atoms with Crippen LogP contribution in [0.3, 0.4) is 0 Å². The van der Waals surface area contributed by atoms with Crippen molar-refractivity contribution in [3.8, 4) is 0 Å². The Balaban J connectivity index is 1.74. The zero-order valence-electron chi connectivity index (χ0n) is 19.9. The fourth-order valence-corrected chi connectivity index (χ4v) is 3.16. The number of carbonyl (C=O) groups excluding carboxylic acids is 3. The van der Waals surface area contributed by atoms with Crippen LogP contribution in [0.25, 0.3) is 0 Å². The summed E-state index contributed by atoms with van der Waals surface area (Å²) in [6.07, 6.45) is 8.31. The normalized spacial score (nSPS) is 15.0. The van der Waals surface area contributed by atoms with Gasteiger partial charge in [0, 0.05) is 61.7 Å². The minimum absolute atomic E-state index is 0.0248. The molecular formula is C24H34N4O5. The number of hydrogen-bond acceptors (Lipinski definition) is 7. The van der Waals surface area contributed by atoms with Gasteiger partial charge >= 0.3 is 12.1 Å². The fourth-order valence-electron chi connectivity index (χ4n) is 3.16. The molecule has 180 valence electrons. The summed E-state index contributed by atoms with van der Waals surface area (Å²) in [7, 11) is 0. The molecule has 0 spiro atoms. The van der Waals surface area contributed by atoms with E-state index in [1.54, 1.807) is 57.3 Å². The van der Waals surface area contributed by atoms with Crippen molar-refractivity contribution in [1.82, 2.24) is 20.2 Å². The molecule has 9 nitrogen and oxygen atoms in total. The Kier molecular flexibility index (Phi) is 9.57. The van der Waals surface area contributed by atoms with Crippen LogP contribution in [0.5, 0.6) is 0 Å². The average Bonchev–Trinajstić information content (AvgIpc) is 2.78. The minimum atomic E-state index is -0.788. The monoisotopic (exact) mass is 458 g/mol. The number of rotatable bonds is 9. The van der Waals surface area contributed by atoms with Gasteiger partial charge < -0.3 is 19.7 Å². The van der Waals surface area contributed by atoms with Gasteiger partial charge in [-0.1, -0.05) is 12.7 Å². The van der Waals surface area contributed by atoms with E-state index in [4.69, 9.17) is 9.47 Å². The summed E-state index contributed by atoms with van der Waals surface area (Å²) < 4.78 is 10.9. The van der Waals surface area contributed by atoms with E-state index in [2.05, 4.69) is 21.9 Å². The Morgan fingerprint density at radius 2 is 1.94 bits per heavy atom. The molecule has 2 heterocycles. The molecule has 1 fully saturated rings. The standard InChI is InChI=1S/C24H34N4O5/c1-17(2)21(29)27-19-7-13-28(14-8-19)23(31)33-24(4,5)10-6-18(3)22(30)32-15-9-20-16-25-11-12-26-20/h6,11-12,16,19H,1,7-10,13-15H2,2-5H3,(H,27,29)/b18-6+. The van der Waals surface area contributed by atoms with E-state index in [1.165, 1.54) is 0 Å². The number of ether oxygens (including phenoxy) is 2. The molecule has 2 amide bonds. The lowest BCUT2D eigenvalue weighted by molar-refractivity contribution is -0.138. The van der Waals surface area contributed by atoms with Crippen LogP contribution >= 0.6 is 0 Å². The molecule has 0 unspecified atom stereocenters. The van der Waals surface area contributed by atoms with Crippen LogP contribution in [0.15, 0.2) is 42.4 Å². The van der Waals surface area contributed by atoms with Gasteiger partial charge in [0.1, 0.15) is 5.60 Å². The molecule has 33 heavy (non-hydrogen) atoms. The number of hydrogen-bond donors (Lipinski definition) is 1. The molecule has 0 aromatic carbocycles. The van der Waals surface area contributed by atoms with E-state index in [-0.39, 0.29) is 18.6 Å². The molecule has 2 rings (SSSR count). The third-order valence-corrected chi connectivity index (χ3v) is 5.27. The zero-order chi connectivity index (χ0) is 24.4. The highest BCUT2D eigenvalue weighted by atomic mass is 16.6. The summed E-state index contributed by atoms with van der Waals surface area (Å²) in [5.41, 5.74) is 0.884. The number of carbonyl (C=O) groups is 3. The maximum Gasteiger partial charge on any atom is 0.410 e. The van der Waals surface area contributed by atoms with Crippen LogP contribution in [0.2, 0.25) is 0 Å². The lowest BCUT2D eigenvalue weighted by atomic mass is 10.0. The third kappa shape index (κ3) is 9.03. The summed E-state index contributed by atoms with van der Waals surface area (Å²) in [6.45, 7) is 11.8. The quantitative estimate of drug-likeness (QED) is 0.447. The van der Waals surface area contributed by atoms with Crippen molar-refractivity contribution in [2.45, 2.75) is 65.0 Å². The smallest absolute Gasteiger partial charge is 0.410 e. The highest BCUT2D eigenvalue weighted by Gasteiger charge is 2.29. The van der Waals surface area contributed by atoms with Gasteiger partial charge in [0.2, 0.25) is 5.91 Å². The van der Waals surface area contributed by atoms with E-state index in [1.807, 2.05) is 0 Å². The first-order valence-electron chi connectivity index (χ1n) is 11.1. The third-order valence-electron chi connectivity index (χ3n) is 5.27. The van der Waals surface area contributed by atoms with Gasteiger partial charge in [-0.2, -0.15) is 0 Å². The number of piperidine rings is 1. The zero-order valence-corrected chi connectivity index (χ0v) is 19.9. The van der Waals surface area contributed by atoms with Gasteiger partial charge in [0.05, 0.1) is 12.3 Å². The fraction of sp³-hybridized carbons (Fsp3) is 0.542. The molecule has 1 aromatic heterocycles. The summed E-state index contributed by atoms with van der Waals surface area (Å²) in [4.78, 5) is 46.3. The molecule has 1 saturated heterocycles. The second-order valence-corrected chi connectivity index (χ2v) is 8.82. The first kappa shape index (κ1) is 26.0. The Morgan fingerprint density at radius 1 is 1.24 bits per heavy atom.